The Labute approximate surface area is 248 Å². The summed E-state index contributed by atoms with van der Waals surface area (Å²) in [6, 6.07) is 48.9. The van der Waals surface area contributed by atoms with Gasteiger partial charge in [-0.3, -0.25) is 0 Å². The van der Waals surface area contributed by atoms with Crippen molar-refractivity contribution in [3.63, 3.8) is 0 Å². The fraction of sp³-hybridized carbons (Fsp3) is 0. The van der Waals surface area contributed by atoms with Crippen LogP contribution in [0.25, 0.3) is 78.6 Å². The van der Waals surface area contributed by atoms with E-state index in [9.17, 15) is 0 Å². The Hall–Kier alpha value is -5.94. The zero-order valence-corrected chi connectivity index (χ0v) is 23.1. The maximum Gasteiger partial charge on any atom is 0.227 e. The Morgan fingerprint density at radius 1 is 0.372 bits per heavy atom. The molecule has 202 valence electrons. The van der Waals surface area contributed by atoms with E-state index >= 15 is 0 Å². The summed E-state index contributed by atoms with van der Waals surface area (Å²) in [4.78, 5) is 19.7. The van der Waals surface area contributed by atoms with Gasteiger partial charge in [0.25, 0.3) is 0 Å². The molecule has 0 aliphatic heterocycles. The van der Waals surface area contributed by atoms with Gasteiger partial charge in [0.2, 0.25) is 5.89 Å². The third-order valence-corrected chi connectivity index (χ3v) is 7.57. The molecule has 0 aliphatic carbocycles. The zero-order chi connectivity index (χ0) is 28.6. The van der Waals surface area contributed by atoms with E-state index in [0.717, 1.165) is 49.7 Å². The highest BCUT2D eigenvalue weighted by atomic mass is 16.3. The maximum atomic E-state index is 6.15. The summed E-state index contributed by atoms with van der Waals surface area (Å²) < 4.78 is 6.15. The van der Waals surface area contributed by atoms with E-state index in [1.54, 1.807) is 0 Å². The predicted molar refractivity (Wildman–Crippen MR) is 172 cm³/mol. The van der Waals surface area contributed by atoms with Crippen molar-refractivity contribution in [3.05, 3.63) is 146 Å². The summed E-state index contributed by atoms with van der Waals surface area (Å²) in [7, 11) is 0. The van der Waals surface area contributed by atoms with E-state index in [1.165, 1.54) is 5.56 Å². The molecule has 0 spiro atoms. The molecule has 2 heterocycles. The van der Waals surface area contributed by atoms with Gasteiger partial charge < -0.3 is 4.42 Å². The monoisotopic (exact) mass is 552 g/mol. The van der Waals surface area contributed by atoms with Crippen LogP contribution in [-0.2, 0) is 0 Å². The summed E-state index contributed by atoms with van der Waals surface area (Å²) >= 11 is 0. The van der Waals surface area contributed by atoms with Crippen LogP contribution in [0.5, 0.6) is 0 Å². The zero-order valence-electron chi connectivity index (χ0n) is 23.1. The molecular weight excluding hydrogens is 528 g/mol. The largest absolute Gasteiger partial charge is 0.436 e. The molecule has 0 unspecified atom stereocenters. The Bertz CT molecular complexity index is 2210. The van der Waals surface area contributed by atoms with Crippen molar-refractivity contribution in [2.45, 2.75) is 0 Å². The number of fused-ring (bicyclic) bond motifs is 3. The number of aromatic nitrogens is 4. The van der Waals surface area contributed by atoms with Crippen molar-refractivity contribution in [2.24, 2.45) is 0 Å². The topological polar surface area (TPSA) is 64.7 Å². The minimum Gasteiger partial charge on any atom is -0.436 e. The second-order valence-corrected chi connectivity index (χ2v) is 10.3. The van der Waals surface area contributed by atoms with Gasteiger partial charge in [0, 0.05) is 27.6 Å². The first-order chi connectivity index (χ1) is 21.3. The summed E-state index contributed by atoms with van der Waals surface area (Å²) in [5, 5.41) is 2.05. The Morgan fingerprint density at radius 2 is 0.837 bits per heavy atom. The summed E-state index contributed by atoms with van der Waals surface area (Å²) in [6.07, 6.45) is 0. The molecule has 0 saturated heterocycles. The second kappa shape index (κ2) is 10.5. The number of hydrogen-bond donors (Lipinski definition) is 0. The highest BCUT2D eigenvalue weighted by Gasteiger charge is 2.15. The van der Waals surface area contributed by atoms with Crippen molar-refractivity contribution in [2.75, 3.05) is 0 Å². The molecule has 0 saturated carbocycles. The lowest BCUT2D eigenvalue weighted by molar-refractivity contribution is 0.620. The van der Waals surface area contributed by atoms with Crippen LogP contribution in [0.1, 0.15) is 0 Å². The lowest BCUT2D eigenvalue weighted by Gasteiger charge is -2.10. The van der Waals surface area contributed by atoms with Gasteiger partial charge in [-0.05, 0) is 40.8 Å². The fourth-order valence-electron chi connectivity index (χ4n) is 5.35. The normalized spacial score (nSPS) is 11.3. The van der Waals surface area contributed by atoms with Gasteiger partial charge >= 0.3 is 0 Å². The third-order valence-electron chi connectivity index (χ3n) is 7.57. The average Bonchev–Trinajstić information content (AvgIpc) is 3.54. The van der Waals surface area contributed by atoms with Gasteiger partial charge in [0.15, 0.2) is 23.1 Å². The highest BCUT2D eigenvalue weighted by Crippen LogP contribution is 2.33. The van der Waals surface area contributed by atoms with Crippen LogP contribution >= 0.6 is 0 Å². The third kappa shape index (κ3) is 4.73. The SMILES string of the molecule is c1ccc(-c2ccc(-c3nc(-c4ccccc4)nc(-c4ccc5ccc6oc(-c7ccccc7)nc6c5c4)n3)cc2)cc1. The van der Waals surface area contributed by atoms with Crippen molar-refractivity contribution in [1.29, 1.82) is 0 Å². The first kappa shape index (κ1) is 24.8. The minimum absolute atomic E-state index is 0.598. The molecule has 0 bridgehead atoms. The van der Waals surface area contributed by atoms with E-state index in [0.29, 0.717) is 23.4 Å². The van der Waals surface area contributed by atoms with Crippen LogP contribution in [0.4, 0.5) is 0 Å². The molecule has 0 aliphatic rings. The molecular formula is C38H24N4O. The van der Waals surface area contributed by atoms with Gasteiger partial charge in [-0.2, -0.15) is 0 Å². The smallest absolute Gasteiger partial charge is 0.227 e. The minimum atomic E-state index is 0.598. The Morgan fingerprint density at radius 3 is 1.49 bits per heavy atom. The first-order valence-electron chi connectivity index (χ1n) is 14.1. The second-order valence-electron chi connectivity index (χ2n) is 10.3. The van der Waals surface area contributed by atoms with Crippen molar-refractivity contribution < 1.29 is 4.42 Å². The van der Waals surface area contributed by atoms with E-state index in [-0.39, 0.29) is 0 Å². The van der Waals surface area contributed by atoms with Crippen LogP contribution < -0.4 is 0 Å². The van der Waals surface area contributed by atoms with Crippen molar-refractivity contribution >= 4 is 21.9 Å². The molecule has 0 fully saturated rings. The Balaban J connectivity index is 1.26. The van der Waals surface area contributed by atoms with Gasteiger partial charge in [0.05, 0.1) is 0 Å². The molecule has 43 heavy (non-hydrogen) atoms. The van der Waals surface area contributed by atoms with Crippen LogP contribution in [0.15, 0.2) is 150 Å². The lowest BCUT2D eigenvalue weighted by Crippen LogP contribution is -2.00. The predicted octanol–water partition coefficient (Wildman–Crippen LogP) is 9.50. The molecule has 0 atom stereocenters. The molecule has 0 radical (unpaired) electrons. The number of benzene rings is 6. The van der Waals surface area contributed by atoms with Crippen LogP contribution in [0.3, 0.4) is 0 Å². The molecule has 5 heteroatoms. The number of nitrogens with zero attached hydrogens (tertiary/aromatic N) is 4. The molecule has 0 amide bonds. The molecule has 2 aromatic heterocycles. The van der Waals surface area contributed by atoms with Gasteiger partial charge in [-0.15, -0.1) is 0 Å². The van der Waals surface area contributed by atoms with Crippen LogP contribution in [0.2, 0.25) is 0 Å². The summed E-state index contributed by atoms with van der Waals surface area (Å²) in [6.45, 7) is 0. The molecule has 6 aromatic carbocycles. The molecule has 8 rings (SSSR count). The fourth-order valence-corrected chi connectivity index (χ4v) is 5.35. The number of hydrogen-bond acceptors (Lipinski definition) is 5. The van der Waals surface area contributed by atoms with Crippen LogP contribution in [-0.4, -0.2) is 19.9 Å². The quantitative estimate of drug-likeness (QED) is 0.213. The standard InChI is InChI=1S/C38H24N4O/c1-4-10-25(11-5-1)26-16-19-29(20-17-26)36-40-35(28-12-6-2-7-13-28)41-37(42-36)31-21-18-27-22-23-33-34(32(27)24-31)39-38(43-33)30-14-8-3-9-15-30/h1-24H. The maximum absolute atomic E-state index is 6.15. The average molecular weight is 553 g/mol. The van der Waals surface area contributed by atoms with Gasteiger partial charge in [0.1, 0.15) is 5.52 Å². The summed E-state index contributed by atoms with van der Waals surface area (Å²) in [5.74, 6) is 2.44. The lowest BCUT2D eigenvalue weighted by atomic mass is 10.0. The van der Waals surface area contributed by atoms with E-state index in [4.69, 9.17) is 24.4 Å². The molecule has 5 nitrogen and oxygen atoms in total. The Kier molecular flexibility index (Phi) is 6.05. The van der Waals surface area contributed by atoms with Gasteiger partial charge in [-0.1, -0.05) is 121 Å². The number of rotatable bonds is 5. The number of oxazole rings is 1. The van der Waals surface area contributed by atoms with E-state index in [1.807, 2.05) is 84.9 Å². The summed E-state index contributed by atoms with van der Waals surface area (Å²) in [5.41, 5.74) is 7.54. The van der Waals surface area contributed by atoms with Gasteiger partial charge in [-0.25, -0.2) is 19.9 Å². The van der Waals surface area contributed by atoms with Crippen molar-refractivity contribution in [3.8, 4) is 56.7 Å². The van der Waals surface area contributed by atoms with Crippen LogP contribution in [0, 0.1) is 0 Å². The molecule has 0 N–H and O–H groups in total. The highest BCUT2D eigenvalue weighted by molar-refractivity contribution is 6.05. The van der Waals surface area contributed by atoms with Crippen molar-refractivity contribution in [1.82, 2.24) is 19.9 Å². The molecule has 8 aromatic rings. The first-order valence-corrected chi connectivity index (χ1v) is 14.1. The van der Waals surface area contributed by atoms with E-state index in [2.05, 4.69) is 60.7 Å². The van der Waals surface area contributed by atoms with E-state index < -0.39 is 0 Å².